The maximum absolute atomic E-state index is 12.3. The molecule has 0 aromatic heterocycles. The zero-order chi connectivity index (χ0) is 19.4. The van der Waals surface area contributed by atoms with Crippen LogP contribution in [0.1, 0.15) is 53.1 Å². The van der Waals surface area contributed by atoms with Gasteiger partial charge in [-0.15, -0.1) is 0 Å². The van der Waals surface area contributed by atoms with Gasteiger partial charge in [0.05, 0.1) is 15.1 Å². The maximum atomic E-state index is 12.3. The van der Waals surface area contributed by atoms with Gasteiger partial charge < -0.3 is 15.0 Å². The van der Waals surface area contributed by atoms with Crippen LogP contribution in [0.15, 0.2) is 12.1 Å². The molecule has 0 radical (unpaired) electrons. The minimum atomic E-state index is -0.515. The summed E-state index contributed by atoms with van der Waals surface area (Å²) >= 11 is 18.3. The summed E-state index contributed by atoms with van der Waals surface area (Å²) in [5, 5.41) is 4.58. The first-order valence-corrected chi connectivity index (χ1v) is 9.43. The number of halogens is 3. The SMILES string of the molecule is CC(NCCN(C(=O)OC(C)(C)C)C(C)C)c1ccc(Cl)c(Cl)c1Cl. The van der Waals surface area contributed by atoms with Gasteiger partial charge in [0.2, 0.25) is 0 Å². The monoisotopic (exact) mass is 408 g/mol. The minimum Gasteiger partial charge on any atom is -0.444 e. The van der Waals surface area contributed by atoms with E-state index in [0.717, 1.165) is 5.56 Å². The van der Waals surface area contributed by atoms with Gasteiger partial charge in [-0.05, 0) is 53.2 Å². The lowest BCUT2D eigenvalue weighted by Gasteiger charge is -2.30. The Morgan fingerprint density at radius 1 is 1.16 bits per heavy atom. The lowest BCUT2D eigenvalue weighted by atomic mass is 10.1. The van der Waals surface area contributed by atoms with Crippen LogP contribution in [0.2, 0.25) is 15.1 Å². The molecule has 1 unspecified atom stereocenters. The molecule has 0 aliphatic rings. The number of nitrogens with zero attached hydrogens (tertiary/aromatic N) is 1. The molecule has 1 N–H and O–H groups in total. The number of benzene rings is 1. The fourth-order valence-corrected chi connectivity index (χ4v) is 2.97. The molecule has 1 atom stereocenters. The Kier molecular flexibility index (Phi) is 8.33. The van der Waals surface area contributed by atoms with E-state index in [1.54, 1.807) is 11.0 Å². The van der Waals surface area contributed by atoms with Crippen LogP contribution in [0.5, 0.6) is 0 Å². The third kappa shape index (κ3) is 6.86. The predicted molar refractivity (Wildman–Crippen MR) is 106 cm³/mol. The second kappa shape index (κ2) is 9.31. The summed E-state index contributed by atoms with van der Waals surface area (Å²) in [7, 11) is 0. The molecule has 0 aliphatic carbocycles. The molecule has 0 bridgehead atoms. The van der Waals surface area contributed by atoms with Gasteiger partial charge in [-0.25, -0.2) is 4.79 Å². The van der Waals surface area contributed by atoms with Gasteiger partial charge in [0.1, 0.15) is 5.60 Å². The van der Waals surface area contributed by atoms with Gasteiger partial charge >= 0.3 is 6.09 Å². The average Bonchev–Trinajstić information content (AvgIpc) is 2.46. The zero-order valence-corrected chi connectivity index (χ0v) is 17.9. The standard InChI is InChI=1S/C18H27Cl3N2O2/c1-11(2)23(17(24)25-18(4,5)6)10-9-22-12(3)13-7-8-14(19)16(21)15(13)20/h7-8,11-12,22H,9-10H2,1-6H3. The van der Waals surface area contributed by atoms with E-state index in [9.17, 15) is 4.79 Å². The Balaban J connectivity index is 2.67. The highest BCUT2D eigenvalue weighted by atomic mass is 35.5. The van der Waals surface area contributed by atoms with Crippen molar-refractivity contribution in [2.45, 2.75) is 59.2 Å². The molecule has 1 rings (SSSR count). The summed E-state index contributed by atoms with van der Waals surface area (Å²) in [6.07, 6.45) is -0.315. The molecule has 7 heteroatoms. The second-order valence-corrected chi connectivity index (χ2v) is 8.37. The van der Waals surface area contributed by atoms with E-state index in [-0.39, 0.29) is 18.2 Å². The van der Waals surface area contributed by atoms with E-state index < -0.39 is 5.60 Å². The van der Waals surface area contributed by atoms with Crippen molar-refractivity contribution in [3.05, 3.63) is 32.8 Å². The minimum absolute atomic E-state index is 0.0325. The summed E-state index contributed by atoms with van der Waals surface area (Å²) in [6, 6.07) is 3.59. The molecular formula is C18H27Cl3N2O2. The van der Waals surface area contributed by atoms with Crippen molar-refractivity contribution in [3.8, 4) is 0 Å². The van der Waals surface area contributed by atoms with E-state index in [0.29, 0.717) is 28.2 Å². The van der Waals surface area contributed by atoms with E-state index in [1.165, 1.54) is 0 Å². The Morgan fingerprint density at radius 2 is 1.76 bits per heavy atom. The van der Waals surface area contributed by atoms with Crippen LogP contribution in [0.4, 0.5) is 4.79 Å². The van der Waals surface area contributed by atoms with Crippen LogP contribution in [-0.2, 0) is 4.74 Å². The first-order chi connectivity index (χ1) is 11.4. The zero-order valence-electron chi connectivity index (χ0n) is 15.6. The number of nitrogens with one attached hydrogen (secondary N) is 1. The topological polar surface area (TPSA) is 41.6 Å². The molecule has 0 fully saturated rings. The van der Waals surface area contributed by atoms with E-state index >= 15 is 0 Å². The van der Waals surface area contributed by atoms with Crippen molar-refractivity contribution >= 4 is 40.9 Å². The van der Waals surface area contributed by atoms with Crippen molar-refractivity contribution in [2.75, 3.05) is 13.1 Å². The number of hydrogen-bond donors (Lipinski definition) is 1. The molecule has 142 valence electrons. The fraction of sp³-hybridized carbons (Fsp3) is 0.611. The first kappa shape index (κ1) is 22.4. The van der Waals surface area contributed by atoms with E-state index in [4.69, 9.17) is 39.5 Å². The quantitative estimate of drug-likeness (QED) is 0.591. The molecule has 4 nitrogen and oxygen atoms in total. The van der Waals surface area contributed by atoms with Crippen LogP contribution >= 0.6 is 34.8 Å². The molecular weight excluding hydrogens is 383 g/mol. The smallest absolute Gasteiger partial charge is 0.410 e. The van der Waals surface area contributed by atoms with Crippen molar-refractivity contribution in [1.82, 2.24) is 10.2 Å². The van der Waals surface area contributed by atoms with Crippen molar-refractivity contribution in [2.24, 2.45) is 0 Å². The second-order valence-electron chi connectivity index (χ2n) is 7.21. The number of carbonyl (C=O) groups excluding carboxylic acids is 1. The molecule has 0 saturated carbocycles. The third-order valence-corrected chi connectivity index (χ3v) is 4.89. The third-order valence-electron chi connectivity index (χ3n) is 3.59. The van der Waals surface area contributed by atoms with Crippen LogP contribution < -0.4 is 5.32 Å². The van der Waals surface area contributed by atoms with E-state index in [2.05, 4.69) is 5.32 Å². The van der Waals surface area contributed by atoms with Gasteiger partial charge in [-0.2, -0.15) is 0 Å². The van der Waals surface area contributed by atoms with Gasteiger partial charge in [0.25, 0.3) is 0 Å². The van der Waals surface area contributed by atoms with Crippen LogP contribution in [-0.4, -0.2) is 35.7 Å². The number of amides is 1. The van der Waals surface area contributed by atoms with E-state index in [1.807, 2.05) is 47.6 Å². The van der Waals surface area contributed by atoms with Crippen LogP contribution in [0.25, 0.3) is 0 Å². The van der Waals surface area contributed by atoms with Crippen molar-refractivity contribution in [3.63, 3.8) is 0 Å². The molecule has 0 saturated heterocycles. The maximum Gasteiger partial charge on any atom is 0.410 e. The molecule has 1 amide bonds. The number of carbonyl (C=O) groups is 1. The normalized spacial score (nSPS) is 13.0. The highest BCUT2D eigenvalue weighted by Crippen LogP contribution is 2.35. The first-order valence-electron chi connectivity index (χ1n) is 8.30. The molecule has 25 heavy (non-hydrogen) atoms. The molecule has 0 aliphatic heterocycles. The molecule has 0 heterocycles. The van der Waals surface area contributed by atoms with Gasteiger partial charge in [-0.3, -0.25) is 0 Å². The largest absolute Gasteiger partial charge is 0.444 e. The molecule has 1 aromatic carbocycles. The summed E-state index contributed by atoms with van der Waals surface area (Å²) in [5.74, 6) is 0. The highest BCUT2D eigenvalue weighted by molar-refractivity contribution is 6.48. The Hall–Kier alpha value is -0.680. The summed E-state index contributed by atoms with van der Waals surface area (Å²) in [4.78, 5) is 14.0. The summed E-state index contributed by atoms with van der Waals surface area (Å²) in [6.45, 7) is 12.6. The Bertz CT molecular complexity index is 601. The summed E-state index contributed by atoms with van der Waals surface area (Å²) in [5.41, 5.74) is 0.350. The van der Waals surface area contributed by atoms with Gasteiger partial charge in [-0.1, -0.05) is 40.9 Å². The average molecular weight is 410 g/mol. The number of rotatable bonds is 6. The Labute approximate surface area is 165 Å². The lowest BCUT2D eigenvalue weighted by Crippen LogP contribution is -2.44. The predicted octanol–water partition coefficient (Wildman–Crippen LogP) is 5.94. The lowest BCUT2D eigenvalue weighted by molar-refractivity contribution is 0.0192. The molecule has 1 aromatic rings. The van der Waals surface area contributed by atoms with Crippen LogP contribution in [0, 0.1) is 0 Å². The number of ether oxygens (including phenoxy) is 1. The number of hydrogen-bond acceptors (Lipinski definition) is 3. The van der Waals surface area contributed by atoms with Crippen LogP contribution in [0.3, 0.4) is 0 Å². The molecule has 0 spiro atoms. The fourth-order valence-electron chi connectivity index (χ4n) is 2.27. The highest BCUT2D eigenvalue weighted by Gasteiger charge is 2.24. The Morgan fingerprint density at radius 3 is 2.28 bits per heavy atom. The van der Waals surface area contributed by atoms with Gasteiger partial charge in [0, 0.05) is 25.2 Å². The van der Waals surface area contributed by atoms with Gasteiger partial charge in [0.15, 0.2) is 0 Å². The van der Waals surface area contributed by atoms with Crippen molar-refractivity contribution in [1.29, 1.82) is 0 Å². The summed E-state index contributed by atoms with van der Waals surface area (Å²) < 4.78 is 5.46. The van der Waals surface area contributed by atoms with Crippen molar-refractivity contribution < 1.29 is 9.53 Å².